The van der Waals surface area contributed by atoms with Crippen LogP contribution in [-0.4, -0.2) is 17.7 Å². The molecule has 4 nitrogen and oxygen atoms in total. The number of nitrogens with zero attached hydrogens (tertiary/aromatic N) is 1. The summed E-state index contributed by atoms with van der Waals surface area (Å²) < 4.78 is 5.18. The molecule has 2 unspecified atom stereocenters. The molecular weight excluding hydrogens is 276 g/mol. The Labute approximate surface area is 130 Å². The van der Waals surface area contributed by atoms with Gasteiger partial charge in [-0.05, 0) is 43.2 Å². The van der Waals surface area contributed by atoms with Crippen molar-refractivity contribution < 1.29 is 9.52 Å². The largest absolute Gasteiger partial charge is 0.467 e. The van der Waals surface area contributed by atoms with E-state index in [4.69, 9.17) is 9.68 Å². The van der Waals surface area contributed by atoms with Gasteiger partial charge in [0, 0.05) is 12.6 Å². The highest BCUT2D eigenvalue weighted by Gasteiger charge is 2.13. The highest BCUT2D eigenvalue weighted by Crippen LogP contribution is 2.18. The van der Waals surface area contributed by atoms with E-state index >= 15 is 0 Å². The molecule has 0 spiro atoms. The lowest BCUT2D eigenvalue weighted by atomic mass is 10.1. The molecule has 22 heavy (non-hydrogen) atoms. The van der Waals surface area contributed by atoms with Gasteiger partial charge in [0.2, 0.25) is 0 Å². The Kier molecular flexibility index (Phi) is 5.96. The van der Waals surface area contributed by atoms with Crippen LogP contribution in [0.1, 0.15) is 36.3 Å². The monoisotopic (exact) mass is 296 g/mol. The van der Waals surface area contributed by atoms with E-state index in [1.54, 1.807) is 30.5 Å². The Balaban J connectivity index is 1.73. The number of nitrogens with one attached hydrogen (secondary N) is 1. The minimum absolute atomic E-state index is 0.172. The van der Waals surface area contributed by atoms with Gasteiger partial charge in [0.1, 0.15) is 11.9 Å². The van der Waals surface area contributed by atoms with Gasteiger partial charge in [-0.1, -0.05) is 24.3 Å². The van der Waals surface area contributed by atoms with Gasteiger partial charge < -0.3 is 14.8 Å². The molecule has 0 aliphatic rings. The number of aliphatic hydroxyl groups excluding tert-OH is 1. The zero-order valence-electron chi connectivity index (χ0n) is 12.6. The molecular formula is C18H20N2O2. The fourth-order valence-electron chi connectivity index (χ4n) is 2.15. The van der Waals surface area contributed by atoms with E-state index in [9.17, 15) is 5.11 Å². The lowest BCUT2D eigenvalue weighted by Crippen LogP contribution is -2.27. The van der Waals surface area contributed by atoms with Crippen molar-refractivity contribution in [2.24, 2.45) is 0 Å². The second-order valence-electron chi connectivity index (χ2n) is 5.21. The summed E-state index contributed by atoms with van der Waals surface area (Å²) in [6.07, 6.45) is 5.61. The second kappa shape index (κ2) is 8.18. The normalized spacial score (nSPS) is 13.9. The van der Waals surface area contributed by atoms with E-state index in [1.807, 2.05) is 31.2 Å². The maximum Gasteiger partial charge on any atom is 0.132 e. The van der Waals surface area contributed by atoms with E-state index in [-0.39, 0.29) is 6.04 Å². The third kappa shape index (κ3) is 4.88. The van der Waals surface area contributed by atoms with E-state index in [0.717, 1.165) is 5.56 Å². The summed E-state index contributed by atoms with van der Waals surface area (Å²) in [6.45, 7) is 2.74. The van der Waals surface area contributed by atoms with Crippen LogP contribution in [0, 0.1) is 11.3 Å². The molecule has 0 radical (unpaired) electrons. The number of rotatable bonds is 7. The van der Waals surface area contributed by atoms with Crippen molar-refractivity contribution in [1.29, 1.82) is 5.26 Å². The van der Waals surface area contributed by atoms with Gasteiger partial charge in [0.05, 0.1) is 17.9 Å². The molecule has 0 aliphatic carbocycles. The first-order valence-corrected chi connectivity index (χ1v) is 7.30. The first-order chi connectivity index (χ1) is 10.7. The van der Waals surface area contributed by atoms with Crippen molar-refractivity contribution >= 4 is 6.08 Å². The highest BCUT2D eigenvalue weighted by molar-refractivity contribution is 5.51. The molecule has 1 aromatic heterocycles. The van der Waals surface area contributed by atoms with Crippen molar-refractivity contribution in [2.45, 2.75) is 25.5 Å². The highest BCUT2D eigenvalue weighted by atomic mass is 16.4. The van der Waals surface area contributed by atoms with Crippen LogP contribution in [0.3, 0.4) is 0 Å². The molecule has 0 fully saturated rings. The molecule has 4 heteroatoms. The van der Waals surface area contributed by atoms with E-state index in [2.05, 4.69) is 11.4 Å². The summed E-state index contributed by atoms with van der Waals surface area (Å²) in [7, 11) is 0. The topological polar surface area (TPSA) is 69.2 Å². The van der Waals surface area contributed by atoms with Gasteiger partial charge in [-0.15, -0.1) is 0 Å². The Morgan fingerprint density at radius 3 is 2.73 bits per heavy atom. The molecule has 0 amide bonds. The van der Waals surface area contributed by atoms with Crippen LogP contribution in [0.15, 0.2) is 53.2 Å². The summed E-state index contributed by atoms with van der Waals surface area (Å²) in [5.41, 5.74) is 1.72. The maximum absolute atomic E-state index is 9.99. The number of furan rings is 1. The zero-order valence-corrected chi connectivity index (χ0v) is 12.6. The average molecular weight is 296 g/mol. The Morgan fingerprint density at radius 1 is 1.32 bits per heavy atom. The summed E-state index contributed by atoms with van der Waals surface area (Å²) in [4.78, 5) is 0. The minimum Gasteiger partial charge on any atom is -0.467 e. The lowest BCUT2D eigenvalue weighted by molar-refractivity contribution is 0.129. The maximum atomic E-state index is 9.99. The third-order valence-electron chi connectivity index (χ3n) is 3.38. The fourth-order valence-corrected chi connectivity index (χ4v) is 2.15. The molecule has 0 saturated carbocycles. The molecule has 2 atom stereocenters. The lowest BCUT2D eigenvalue weighted by Gasteiger charge is -2.15. The molecule has 1 heterocycles. The van der Waals surface area contributed by atoms with E-state index in [1.165, 1.54) is 0 Å². The SMILES string of the molecule is CC(CC(O)c1ccco1)NC/C=C/c1ccc(C#N)cc1. The quantitative estimate of drug-likeness (QED) is 0.822. The number of hydrogen-bond acceptors (Lipinski definition) is 4. The number of aliphatic hydroxyl groups is 1. The van der Waals surface area contributed by atoms with Gasteiger partial charge in [-0.2, -0.15) is 5.26 Å². The summed E-state index contributed by atoms with van der Waals surface area (Å²) in [5.74, 6) is 0.599. The second-order valence-corrected chi connectivity index (χ2v) is 5.21. The first kappa shape index (κ1) is 16.0. The average Bonchev–Trinajstić information content (AvgIpc) is 3.06. The van der Waals surface area contributed by atoms with E-state index < -0.39 is 6.10 Å². The number of benzene rings is 1. The number of hydrogen-bond donors (Lipinski definition) is 2. The Bertz CT molecular complexity index is 624. The molecule has 0 saturated heterocycles. The fraction of sp³-hybridized carbons (Fsp3) is 0.278. The zero-order chi connectivity index (χ0) is 15.8. The number of nitriles is 1. The smallest absolute Gasteiger partial charge is 0.132 e. The predicted octanol–water partition coefficient (Wildman–Crippen LogP) is 3.27. The van der Waals surface area contributed by atoms with Crippen LogP contribution in [-0.2, 0) is 0 Å². The van der Waals surface area contributed by atoms with Gasteiger partial charge >= 0.3 is 0 Å². The standard InChI is InChI=1S/C18H20N2O2/c1-14(12-17(21)18-5-3-11-22-18)20-10-2-4-15-6-8-16(13-19)9-7-15/h2-9,11,14,17,20-21H,10,12H2,1H3/b4-2+. The Hall–Kier alpha value is -2.35. The summed E-state index contributed by atoms with van der Waals surface area (Å²) >= 11 is 0. The van der Waals surface area contributed by atoms with Gasteiger partial charge in [0.15, 0.2) is 0 Å². The van der Waals surface area contributed by atoms with Crippen LogP contribution in [0.4, 0.5) is 0 Å². The van der Waals surface area contributed by atoms with Crippen LogP contribution < -0.4 is 5.32 Å². The third-order valence-corrected chi connectivity index (χ3v) is 3.38. The van der Waals surface area contributed by atoms with Crippen LogP contribution in [0.25, 0.3) is 6.08 Å². The van der Waals surface area contributed by atoms with Crippen molar-refractivity contribution in [3.05, 3.63) is 65.6 Å². The first-order valence-electron chi connectivity index (χ1n) is 7.30. The molecule has 1 aromatic carbocycles. The van der Waals surface area contributed by atoms with Gasteiger partial charge in [0.25, 0.3) is 0 Å². The van der Waals surface area contributed by atoms with Crippen molar-refractivity contribution in [3.8, 4) is 6.07 Å². The van der Waals surface area contributed by atoms with Crippen LogP contribution in [0.5, 0.6) is 0 Å². The summed E-state index contributed by atoms with van der Waals surface area (Å²) in [5, 5.41) is 22.1. The molecule has 0 bridgehead atoms. The van der Waals surface area contributed by atoms with Gasteiger partial charge in [-0.3, -0.25) is 0 Å². The minimum atomic E-state index is -0.583. The van der Waals surface area contributed by atoms with E-state index in [0.29, 0.717) is 24.3 Å². The van der Waals surface area contributed by atoms with Crippen LogP contribution in [0.2, 0.25) is 0 Å². The molecule has 114 valence electrons. The summed E-state index contributed by atoms with van der Waals surface area (Å²) in [6, 6.07) is 13.3. The van der Waals surface area contributed by atoms with Crippen molar-refractivity contribution in [2.75, 3.05) is 6.54 Å². The van der Waals surface area contributed by atoms with Crippen molar-refractivity contribution in [3.63, 3.8) is 0 Å². The van der Waals surface area contributed by atoms with Crippen molar-refractivity contribution in [1.82, 2.24) is 5.32 Å². The molecule has 2 N–H and O–H groups in total. The predicted molar refractivity (Wildman–Crippen MR) is 85.9 cm³/mol. The molecule has 2 rings (SSSR count). The van der Waals surface area contributed by atoms with Gasteiger partial charge in [-0.25, -0.2) is 0 Å². The molecule has 2 aromatic rings. The molecule has 0 aliphatic heterocycles. The Morgan fingerprint density at radius 2 is 2.09 bits per heavy atom. The van der Waals surface area contributed by atoms with Crippen LogP contribution >= 0.6 is 0 Å².